The van der Waals surface area contributed by atoms with Gasteiger partial charge in [0.05, 0.1) is 0 Å². The summed E-state index contributed by atoms with van der Waals surface area (Å²) in [7, 11) is 0. The molecular weight excluding hydrogens is 194 g/mol. The van der Waals surface area contributed by atoms with E-state index in [0.717, 1.165) is 12.8 Å². The zero-order chi connectivity index (χ0) is 11.1. The van der Waals surface area contributed by atoms with E-state index >= 15 is 0 Å². The van der Waals surface area contributed by atoms with Crippen LogP contribution in [0.3, 0.4) is 0 Å². The van der Waals surface area contributed by atoms with Crippen LogP contribution in [0.15, 0.2) is 9.32 Å². The maximum absolute atomic E-state index is 10.8. The molecule has 0 unspecified atom stereocenters. The largest absolute Gasteiger partial charge is 0.438 e. The van der Waals surface area contributed by atoms with Crippen LogP contribution in [-0.2, 0) is 6.42 Å². The topological polar surface area (TPSA) is 84.9 Å². The molecule has 15 heavy (non-hydrogen) atoms. The fraction of sp³-hybridized carbons (Fsp3) is 0.800. The van der Waals surface area contributed by atoms with Crippen LogP contribution in [0.1, 0.15) is 32.5 Å². The molecule has 3 N–H and O–H groups in total. The van der Waals surface area contributed by atoms with Gasteiger partial charge in [0.2, 0.25) is 0 Å². The normalized spacial score (nSPS) is 22.3. The van der Waals surface area contributed by atoms with Crippen LogP contribution >= 0.6 is 0 Å². The molecule has 0 spiro atoms. The summed E-state index contributed by atoms with van der Waals surface area (Å²) in [5.74, 6) is 0.122. The standard InChI is InChI=1S/C10H17N3O2/c1-9(2)4-10(5-9,6-11)3-7-12-8(14)15-13-7/h3-6,11H2,1-2H3,(H,12,13,14). The number of aromatic amines is 1. The van der Waals surface area contributed by atoms with E-state index in [9.17, 15) is 4.79 Å². The summed E-state index contributed by atoms with van der Waals surface area (Å²) < 4.78 is 4.47. The molecule has 0 aromatic carbocycles. The summed E-state index contributed by atoms with van der Waals surface area (Å²) in [6.45, 7) is 5.09. The van der Waals surface area contributed by atoms with Gasteiger partial charge in [0, 0.05) is 6.42 Å². The van der Waals surface area contributed by atoms with E-state index in [-0.39, 0.29) is 5.41 Å². The zero-order valence-corrected chi connectivity index (χ0v) is 9.17. The van der Waals surface area contributed by atoms with Gasteiger partial charge in [-0.2, -0.15) is 0 Å². The molecule has 0 radical (unpaired) electrons. The zero-order valence-electron chi connectivity index (χ0n) is 9.17. The van der Waals surface area contributed by atoms with Crippen molar-refractivity contribution in [2.24, 2.45) is 16.6 Å². The average molecular weight is 211 g/mol. The molecule has 1 fully saturated rings. The van der Waals surface area contributed by atoms with Gasteiger partial charge in [-0.1, -0.05) is 19.0 Å². The van der Waals surface area contributed by atoms with Gasteiger partial charge in [0.1, 0.15) is 0 Å². The van der Waals surface area contributed by atoms with Crippen molar-refractivity contribution in [3.63, 3.8) is 0 Å². The van der Waals surface area contributed by atoms with Crippen molar-refractivity contribution in [3.8, 4) is 0 Å². The number of nitrogens with zero attached hydrogens (tertiary/aromatic N) is 1. The quantitative estimate of drug-likeness (QED) is 0.769. The second-order valence-electron chi connectivity index (χ2n) is 5.44. The van der Waals surface area contributed by atoms with Crippen molar-refractivity contribution in [3.05, 3.63) is 16.4 Å². The van der Waals surface area contributed by atoms with E-state index in [1.165, 1.54) is 0 Å². The van der Waals surface area contributed by atoms with Gasteiger partial charge in [0.25, 0.3) is 0 Å². The minimum Gasteiger partial charge on any atom is -0.330 e. The van der Waals surface area contributed by atoms with Gasteiger partial charge in [-0.15, -0.1) is 0 Å². The number of hydrogen-bond acceptors (Lipinski definition) is 4. The first-order valence-corrected chi connectivity index (χ1v) is 5.20. The van der Waals surface area contributed by atoms with Gasteiger partial charge < -0.3 is 5.73 Å². The summed E-state index contributed by atoms with van der Waals surface area (Å²) in [5.41, 5.74) is 6.26. The monoisotopic (exact) mass is 211 g/mol. The number of nitrogens with two attached hydrogens (primary N) is 1. The van der Waals surface area contributed by atoms with Crippen molar-refractivity contribution in [2.75, 3.05) is 6.54 Å². The second kappa shape index (κ2) is 3.20. The van der Waals surface area contributed by atoms with Gasteiger partial charge in [-0.3, -0.25) is 9.51 Å². The molecule has 5 heteroatoms. The highest BCUT2D eigenvalue weighted by Gasteiger charge is 2.48. The molecule has 5 nitrogen and oxygen atoms in total. The molecule has 0 atom stereocenters. The molecule has 84 valence electrons. The van der Waals surface area contributed by atoms with Gasteiger partial charge in [-0.05, 0) is 30.2 Å². The van der Waals surface area contributed by atoms with Crippen molar-refractivity contribution in [2.45, 2.75) is 33.1 Å². The lowest BCUT2D eigenvalue weighted by Gasteiger charge is -2.52. The molecule has 1 aromatic rings. The first-order chi connectivity index (χ1) is 6.95. The molecule has 0 aliphatic heterocycles. The first-order valence-electron chi connectivity index (χ1n) is 5.20. The Hall–Kier alpha value is -1.10. The van der Waals surface area contributed by atoms with E-state index in [2.05, 4.69) is 28.5 Å². The number of hydrogen-bond donors (Lipinski definition) is 2. The minimum absolute atomic E-state index is 0.101. The molecular formula is C10H17N3O2. The van der Waals surface area contributed by atoms with Crippen LogP contribution in [0, 0.1) is 10.8 Å². The lowest BCUT2D eigenvalue weighted by atomic mass is 9.53. The van der Waals surface area contributed by atoms with Gasteiger partial charge >= 0.3 is 5.76 Å². The van der Waals surface area contributed by atoms with Crippen LogP contribution in [0.5, 0.6) is 0 Å². The highest BCUT2D eigenvalue weighted by molar-refractivity contribution is 5.04. The predicted molar refractivity (Wildman–Crippen MR) is 55.3 cm³/mol. The molecule has 1 aliphatic carbocycles. The Bertz CT molecular complexity index is 397. The summed E-state index contributed by atoms with van der Waals surface area (Å²) in [5, 5.41) is 3.68. The van der Waals surface area contributed by atoms with E-state index in [0.29, 0.717) is 24.2 Å². The maximum Gasteiger partial charge on any atom is 0.438 e. The molecule has 2 rings (SSSR count). The number of nitrogens with one attached hydrogen (secondary N) is 1. The minimum atomic E-state index is -0.490. The fourth-order valence-electron chi connectivity index (χ4n) is 3.01. The molecule has 0 saturated heterocycles. The fourth-order valence-corrected chi connectivity index (χ4v) is 3.01. The van der Waals surface area contributed by atoms with Crippen molar-refractivity contribution < 1.29 is 4.52 Å². The Kier molecular flexibility index (Phi) is 2.22. The van der Waals surface area contributed by atoms with E-state index in [1.807, 2.05) is 0 Å². The van der Waals surface area contributed by atoms with E-state index < -0.39 is 5.76 Å². The number of H-pyrrole nitrogens is 1. The summed E-state index contributed by atoms with van der Waals surface area (Å²) in [6, 6.07) is 0. The number of rotatable bonds is 3. The van der Waals surface area contributed by atoms with E-state index in [1.54, 1.807) is 0 Å². The first kappa shape index (κ1) is 10.4. The van der Waals surface area contributed by atoms with E-state index in [4.69, 9.17) is 5.73 Å². The summed E-state index contributed by atoms with van der Waals surface area (Å²) in [6.07, 6.45) is 2.86. The Morgan fingerprint density at radius 2 is 2.20 bits per heavy atom. The summed E-state index contributed by atoms with van der Waals surface area (Å²) >= 11 is 0. The SMILES string of the molecule is CC1(C)CC(CN)(Cc2noc(=O)[nH]2)C1. The molecule has 1 heterocycles. The van der Waals surface area contributed by atoms with Crippen LogP contribution in [0.2, 0.25) is 0 Å². The second-order valence-corrected chi connectivity index (χ2v) is 5.44. The third-order valence-corrected chi connectivity index (χ3v) is 3.17. The smallest absolute Gasteiger partial charge is 0.330 e. The van der Waals surface area contributed by atoms with Crippen LogP contribution in [0.4, 0.5) is 0 Å². The highest BCUT2D eigenvalue weighted by Crippen LogP contribution is 2.54. The highest BCUT2D eigenvalue weighted by atomic mass is 16.5. The average Bonchev–Trinajstić information content (AvgIpc) is 2.47. The number of aromatic nitrogens is 2. The van der Waals surface area contributed by atoms with Crippen molar-refractivity contribution in [1.82, 2.24) is 10.1 Å². The van der Waals surface area contributed by atoms with Crippen molar-refractivity contribution in [1.29, 1.82) is 0 Å². The predicted octanol–water partition coefficient (Wildman–Crippen LogP) is 0.671. The molecule has 0 amide bonds. The molecule has 1 aliphatic rings. The lowest BCUT2D eigenvalue weighted by Crippen LogP contribution is -2.49. The Labute approximate surface area is 88.0 Å². The molecule has 1 saturated carbocycles. The Morgan fingerprint density at radius 3 is 2.60 bits per heavy atom. The third-order valence-electron chi connectivity index (χ3n) is 3.17. The van der Waals surface area contributed by atoms with Gasteiger partial charge in [0.15, 0.2) is 5.82 Å². The van der Waals surface area contributed by atoms with Gasteiger partial charge in [-0.25, -0.2) is 4.79 Å². The van der Waals surface area contributed by atoms with Crippen LogP contribution in [-0.4, -0.2) is 16.7 Å². The molecule has 0 bridgehead atoms. The Balaban J connectivity index is 2.08. The van der Waals surface area contributed by atoms with Crippen LogP contribution in [0.25, 0.3) is 0 Å². The lowest BCUT2D eigenvalue weighted by molar-refractivity contribution is -0.00682. The van der Waals surface area contributed by atoms with Crippen molar-refractivity contribution >= 4 is 0 Å². The Morgan fingerprint density at radius 1 is 1.53 bits per heavy atom. The maximum atomic E-state index is 10.8. The molecule has 1 aromatic heterocycles. The third kappa shape index (κ3) is 1.97. The summed E-state index contributed by atoms with van der Waals surface area (Å²) in [4.78, 5) is 13.4. The van der Waals surface area contributed by atoms with Crippen LogP contribution < -0.4 is 11.5 Å².